The van der Waals surface area contributed by atoms with Crippen LogP contribution in [0.4, 0.5) is 0 Å². The molecule has 0 saturated carbocycles. The van der Waals surface area contributed by atoms with Crippen LogP contribution in [0.1, 0.15) is 41.4 Å². The van der Waals surface area contributed by atoms with Gasteiger partial charge in [0.1, 0.15) is 5.75 Å². The van der Waals surface area contributed by atoms with Crippen molar-refractivity contribution < 1.29 is 17.9 Å². The van der Waals surface area contributed by atoms with E-state index >= 15 is 0 Å². The molecule has 0 heterocycles. The van der Waals surface area contributed by atoms with Crippen molar-refractivity contribution in [3.8, 4) is 5.75 Å². The molecule has 0 aromatic heterocycles. The topological polar surface area (TPSA) is 72.5 Å². The zero-order chi connectivity index (χ0) is 18.6. The fourth-order valence-corrected chi connectivity index (χ4v) is 3.72. The van der Waals surface area contributed by atoms with Crippen LogP contribution >= 0.6 is 0 Å². The number of aryl methyl sites for hydroxylation is 1. The first-order chi connectivity index (χ1) is 11.8. The molecule has 1 unspecified atom stereocenters. The van der Waals surface area contributed by atoms with Gasteiger partial charge in [-0.1, -0.05) is 36.8 Å². The molecule has 0 aliphatic heterocycles. The average molecular weight is 361 g/mol. The lowest BCUT2D eigenvalue weighted by Gasteiger charge is -2.19. The molecule has 0 saturated heterocycles. The van der Waals surface area contributed by atoms with E-state index in [1.54, 1.807) is 26.2 Å². The third kappa shape index (κ3) is 4.20. The minimum Gasteiger partial charge on any atom is -0.496 e. The van der Waals surface area contributed by atoms with Gasteiger partial charge in [0.2, 0.25) is 0 Å². The Bertz CT molecular complexity index is 875. The molecule has 2 aromatic carbocycles. The van der Waals surface area contributed by atoms with E-state index in [1.807, 2.05) is 32.0 Å². The molecule has 0 bridgehead atoms. The summed E-state index contributed by atoms with van der Waals surface area (Å²) in [6, 6.07) is 11.7. The summed E-state index contributed by atoms with van der Waals surface area (Å²) < 4.78 is 29.8. The number of benzene rings is 2. The molecule has 5 nitrogen and oxygen atoms in total. The monoisotopic (exact) mass is 361 g/mol. The number of methoxy groups -OCH3 is 1. The van der Waals surface area contributed by atoms with Crippen LogP contribution in [-0.2, 0) is 9.84 Å². The number of carbonyl (C=O) groups is 1. The van der Waals surface area contributed by atoms with E-state index in [9.17, 15) is 13.2 Å². The van der Waals surface area contributed by atoms with Crippen LogP contribution in [0.3, 0.4) is 0 Å². The smallest absolute Gasteiger partial charge is 0.253 e. The van der Waals surface area contributed by atoms with Crippen LogP contribution in [-0.4, -0.2) is 27.2 Å². The summed E-state index contributed by atoms with van der Waals surface area (Å²) >= 11 is 0. The van der Waals surface area contributed by atoms with Crippen molar-refractivity contribution in [2.24, 2.45) is 0 Å². The van der Waals surface area contributed by atoms with Crippen LogP contribution in [0, 0.1) is 6.92 Å². The number of rotatable bonds is 6. The lowest BCUT2D eigenvalue weighted by Crippen LogP contribution is -2.28. The molecule has 1 atom stereocenters. The van der Waals surface area contributed by atoms with Gasteiger partial charge in [0.25, 0.3) is 5.91 Å². The van der Waals surface area contributed by atoms with Crippen LogP contribution in [0.25, 0.3) is 0 Å². The van der Waals surface area contributed by atoms with Gasteiger partial charge in [-0.3, -0.25) is 4.79 Å². The molecule has 0 radical (unpaired) electrons. The van der Waals surface area contributed by atoms with Gasteiger partial charge in [0.15, 0.2) is 9.84 Å². The van der Waals surface area contributed by atoms with Gasteiger partial charge in [-0.2, -0.15) is 0 Å². The molecule has 0 aliphatic rings. The first-order valence-electron chi connectivity index (χ1n) is 8.07. The van der Waals surface area contributed by atoms with Crippen molar-refractivity contribution in [2.45, 2.75) is 31.7 Å². The maximum atomic E-state index is 12.7. The minimum absolute atomic E-state index is 0.0541. The molecule has 2 aromatic rings. The molecule has 0 spiro atoms. The first kappa shape index (κ1) is 19.0. The Kier molecular flexibility index (Phi) is 5.85. The highest BCUT2D eigenvalue weighted by Crippen LogP contribution is 2.27. The summed E-state index contributed by atoms with van der Waals surface area (Å²) in [6.45, 7) is 5.36. The highest BCUT2D eigenvalue weighted by molar-refractivity contribution is 7.91. The van der Waals surface area contributed by atoms with Gasteiger partial charge >= 0.3 is 0 Å². The molecule has 1 N–H and O–H groups in total. The summed E-state index contributed by atoms with van der Waals surface area (Å²) in [5.74, 6) is 0.190. The minimum atomic E-state index is -3.48. The lowest BCUT2D eigenvalue weighted by atomic mass is 10.0. The molecule has 1 amide bonds. The molecule has 6 heteroatoms. The zero-order valence-electron chi connectivity index (χ0n) is 14.9. The number of hydrogen-bond acceptors (Lipinski definition) is 4. The molecular formula is C19H23NO4S. The molecule has 25 heavy (non-hydrogen) atoms. The standard InChI is InChI=1S/C19H23NO4S/c1-5-25(22,23)18-9-7-6-8-15(18)19(21)20-14(3)16-12-13(2)10-11-17(16)24-4/h6-12,14H,5H2,1-4H3,(H,20,21). The Morgan fingerprint density at radius 1 is 1.20 bits per heavy atom. The predicted molar refractivity (Wildman–Crippen MR) is 97.8 cm³/mol. The highest BCUT2D eigenvalue weighted by Gasteiger charge is 2.22. The molecule has 134 valence electrons. The number of ether oxygens (including phenoxy) is 1. The van der Waals surface area contributed by atoms with E-state index in [1.165, 1.54) is 12.1 Å². The van der Waals surface area contributed by atoms with Crippen molar-refractivity contribution in [3.05, 3.63) is 59.2 Å². The number of carbonyl (C=O) groups excluding carboxylic acids is 1. The Morgan fingerprint density at radius 2 is 1.88 bits per heavy atom. The summed E-state index contributed by atoms with van der Waals surface area (Å²) in [5.41, 5.74) is 2.04. The van der Waals surface area contributed by atoms with Crippen molar-refractivity contribution in [1.82, 2.24) is 5.32 Å². The largest absolute Gasteiger partial charge is 0.496 e. The van der Waals surface area contributed by atoms with Crippen molar-refractivity contribution >= 4 is 15.7 Å². The Labute approximate surface area is 148 Å². The summed E-state index contributed by atoms with van der Waals surface area (Å²) in [5, 5.41) is 2.87. The van der Waals surface area contributed by atoms with Crippen LogP contribution in [0.5, 0.6) is 5.75 Å². The second-order valence-electron chi connectivity index (χ2n) is 5.84. The Morgan fingerprint density at radius 3 is 2.52 bits per heavy atom. The molecule has 0 aliphatic carbocycles. The Balaban J connectivity index is 2.34. The lowest BCUT2D eigenvalue weighted by molar-refractivity contribution is 0.0936. The second kappa shape index (κ2) is 7.70. The van der Waals surface area contributed by atoms with Crippen LogP contribution < -0.4 is 10.1 Å². The summed E-state index contributed by atoms with van der Waals surface area (Å²) in [7, 11) is -1.90. The van der Waals surface area contributed by atoms with E-state index in [4.69, 9.17) is 4.74 Å². The predicted octanol–water partition coefficient (Wildman–Crippen LogP) is 3.29. The SMILES string of the molecule is CCS(=O)(=O)c1ccccc1C(=O)NC(C)c1cc(C)ccc1OC. The van der Waals surface area contributed by atoms with Crippen molar-refractivity contribution in [2.75, 3.05) is 12.9 Å². The van der Waals surface area contributed by atoms with Crippen molar-refractivity contribution in [3.63, 3.8) is 0 Å². The third-order valence-electron chi connectivity index (χ3n) is 4.05. The van der Waals surface area contributed by atoms with Gasteiger partial charge in [0.05, 0.1) is 29.4 Å². The summed E-state index contributed by atoms with van der Waals surface area (Å²) in [4.78, 5) is 12.7. The van der Waals surface area contributed by atoms with E-state index in [0.717, 1.165) is 11.1 Å². The number of sulfone groups is 1. The van der Waals surface area contributed by atoms with Crippen LogP contribution in [0.2, 0.25) is 0 Å². The van der Waals surface area contributed by atoms with Gasteiger partial charge in [-0.25, -0.2) is 8.42 Å². The van der Waals surface area contributed by atoms with E-state index in [-0.39, 0.29) is 22.3 Å². The van der Waals surface area contributed by atoms with Gasteiger partial charge < -0.3 is 10.1 Å². The molecule has 0 fully saturated rings. The third-order valence-corrected chi connectivity index (χ3v) is 5.83. The molecular weight excluding hydrogens is 338 g/mol. The van der Waals surface area contributed by atoms with Crippen molar-refractivity contribution in [1.29, 1.82) is 0 Å². The van der Waals surface area contributed by atoms with E-state index in [2.05, 4.69) is 5.32 Å². The molecule has 2 rings (SSSR count). The van der Waals surface area contributed by atoms with Gasteiger partial charge in [-0.05, 0) is 32.0 Å². The maximum Gasteiger partial charge on any atom is 0.253 e. The van der Waals surface area contributed by atoms with E-state index in [0.29, 0.717) is 5.75 Å². The fourth-order valence-electron chi connectivity index (χ4n) is 2.63. The Hall–Kier alpha value is -2.34. The number of amides is 1. The fraction of sp³-hybridized carbons (Fsp3) is 0.316. The normalized spacial score (nSPS) is 12.5. The highest BCUT2D eigenvalue weighted by atomic mass is 32.2. The zero-order valence-corrected chi connectivity index (χ0v) is 15.7. The maximum absolute atomic E-state index is 12.7. The van der Waals surface area contributed by atoms with Crippen LogP contribution in [0.15, 0.2) is 47.4 Å². The van der Waals surface area contributed by atoms with Gasteiger partial charge in [-0.15, -0.1) is 0 Å². The summed E-state index contributed by atoms with van der Waals surface area (Å²) in [6.07, 6.45) is 0. The van der Waals surface area contributed by atoms with E-state index < -0.39 is 15.7 Å². The quantitative estimate of drug-likeness (QED) is 0.857. The average Bonchev–Trinajstić information content (AvgIpc) is 2.61. The first-order valence-corrected chi connectivity index (χ1v) is 9.72. The number of nitrogens with one attached hydrogen (secondary N) is 1. The van der Waals surface area contributed by atoms with Gasteiger partial charge in [0, 0.05) is 5.56 Å². The second-order valence-corrected chi connectivity index (χ2v) is 8.09. The number of hydrogen-bond donors (Lipinski definition) is 1.